The van der Waals surface area contributed by atoms with Crippen molar-refractivity contribution in [2.75, 3.05) is 7.05 Å². The predicted octanol–water partition coefficient (Wildman–Crippen LogP) is 1.70. The lowest BCUT2D eigenvalue weighted by Crippen LogP contribution is -2.45. The number of carbonyl (C=O) groups is 2. The minimum atomic E-state index is -0.975. The number of carbonyl (C=O) groups excluding carboxylic acids is 2. The molecule has 2 amide bonds. The molecule has 5 heteroatoms. The molecule has 0 aliphatic carbocycles. The monoisotopic (exact) mass is 302 g/mol. The Morgan fingerprint density at radius 3 is 2.50 bits per heavy atom. The Balaban J connectivity index is 2.42. The van der Waals surface area contributed by atoms with Crippen LogP contribution in [-0.2, 0) is 14.3 Å². The number of benzene rings is 1. The lowest BCUT2D eigenvalue weighted by molar-refractivity contribution is -0.132. The zero-order valence-corrected chi connectivity index (χ0v) is 13.1. The largest absolute Gasteiger partial charge is 0.483 e. The summed E-state index contributed by atoms with van der Waals surface area (Å²) < 4.78 is 5.85. The van der Waals surface area contributed by atoms with Crippen molar-refractivity contribution in [2.24, 2.45) is 11.1 Å². The maximum absolute atomic E-state index is 12.1. The fourth-order valence-corrected chi connectivity index (χ4v) is 3.00. The third-order valence-corrected chi connectivity index (χ3v) is 4.42. The van der Waals surface area contributed by atoms with Crippen LogP contribution in [0.3, 0.4) is 0 Å². The van der Waals surface area contributed by atoms with Gasteiger partial charge in [-0.05, 0) is 18.1 Å². The standard InChI is InChI=1S/C17H22N2O3/c1-4-17(16(18)21)10-13(15(20)19-3)22-14(17)11(2)12-8-6-5-7-9-12/h5-11,14H,4H2,1-3H3,(H2,18,21)(H,19,20). The van der Waals surface area contributed by atoms with Gasteiger partial charge >= 0.3 is 0 Å². The number of hydrogen-bond donors (Lipinski definition) is 2. The van der Waals surface area contributed by atoms with Crippen LogP contribution in [0.1, 0.15) is 31.7 Å². The minimum absolute atomic E-state index is 0.0768. The van der Waals surface area contributed by atoms with E-state index in [9.17, 15) is 9.59 Å². The van der Waals surface area contributed by atoms with E-state index in [1.807, 2.05) is 44.2 Å². The quantitative estimate of drug-likeness (QED) is 0.868. The average molecular weight is 302 g/mol. The zero-order valence-electron chi connectivity index (χ0n) is 13.1. The van der Waals surface area contributed by atoms with Gasteiger partial charge in [-0.2, -0.15) is 0 Å². The third kappa shape index (κ3) is 2.58. The van der Waals surface area contributed by atoms with Gasteiger partial charge in [0.1, 0.15) is 11.5 Å². The Bertz CT molecular complexity index is 597. The molecule has 3 unspecified atom stereocenters. The summed E-state index contributed by atoms with van der Waals surface area (Å²) in [7, 11) is 1.53. The van der Waals surface area contributed by atoms with Crippen LogP contribution in [0, 0.1) is 5.41 Å². The van der Waals surface area contributed by atoms with E-state index >= 15 is 0 Å². The van der Waals surface area contributed by atoms with Crippen molar-refractivity contribution >= 4 is 11.8 Å². The van der Waals surface area contributed by atoms with Crippen LogP contribution in [0.4, 0.5) is 0 Å². The summed E-state index contributed by atoms with van der Waals surface area (Å²) in [6.45, 7) is 3.86. The first kappa shape index (κ1) is 16.1. The molecule has 1 aliphatic heterocycles. The first-order chi connectivity index (χ1) is 10.5. The van der Waals surface area contributed by atoms with Crippen molar-refractivity contribution in [3.63, 3.8) is 0 Å². The molecule has 0 saturated carbocycles. The van der Waals surface area contributed by atoms with E-state index in [4.69, 9.17) is 10.5 Å². The van der Waals surface area contributed by atoms with Crippen LogP contribution < -0.4 is 11.1 Å². The summed E-state index contributed by atoms with van der Waals surface area (Å²) in [5.74, 6) is -0.730. The molecule has 1 aromatic rings. The number of hydrogen-bond acceptors (Lipinski definition) is 3. The second-order valence-corrected chi connectivity index (χ2v) is 5.58. The van der Waals surface area contributed by atoms with Crippen LogP contribution in [-0.4, -0.2) is 25.0 Å². The van der Waals surface area contributed by atoms with Crippen molar-refractivity contribution in [3.8, 4) is 0 Å². The summed E-state index contributed by atoms with van der Waals surface area (Å²) >= 11 is 0. The molecule has 0 radical (unpaired) electrons. The number of likely N-dealkylation sites (N-methyl/N-ethyl adjacent to an activating group) is 1. The van der Waals surface area contributed by atoms with Gasteiger partial charge in [0.25, 0.3) is 5.91 Å². The van der Waals surface area contributed by atoms with Gasteiger partial charge in [-0.25, -0.2) is 0 Å². The average Bonchev–Trinajstić information content (AvgIpc) is 2.95. The lowest BCUT2D eigenvalue weighted by atomic mass is 9.73. The van der Waals surface area contributed by atoms with Gasteiger partial charge in [-0.1, -0.05) is 44.2 Å². The molecule has 0 fully saturated rings. The van der Waals surface area contributed by atoms with Crippen molar-refractivity contribution in [3.05, 3.63) is 47.7 Å². The maximum atomic E-state index is 12.1. The number of rotatable bonds is 5. The number of primary amides is 1. The summed E-state index contributed by atoms with van der Waals surface area (Å²) in [5, 5.41) is 2.52. The Morgan fingerprint density at radius 1 is 1.36 bits per heavy atom. The van der Waals surface area contributed by atoms with Gasteiger partial charge in [0.05, 0.1) is 0 Å². The van der Waals surface area contributed by atoms with Crippen LogP contribution >= 0.6 is 0 Å². The molecule has 1 aliphatic rings. The van der Waals surface area contributed by atoms with Crippen molar-refractivity contribution < 1.29 is 14.3 Å². The molecule has 5 nitrogen and oxygen atoms in total. The lowest BCUT2D eigenvalue weighted by Gasteiger charge is -2.33. The predicted molar refractivity (Wildman–Crippen MR) is 83.8 cm³/mol. The fourth-order valence-electron chi connectivity index (χ4n) is 3.00. The molecule has 1 heterocycles. The molecule has 0 saturated heterocycles. The maximum Gasteiger partial charge on any atom is 0.285 e. The number of nitrogens with one attached hydrogen (secondary N) is 1. The summed E-state index contributed by atoms with van der Waals surface area (Å²) in [5.41, 5.74) is 5.72. The Kier molecular flexibility index (Phi) is 4.54. The normalized spacial score (nSPS) is 25.0. The molecule has 118 valence electrons. The first-order valence-electron chi connectivity index (χ1n) is 7.42. The first-order valence-corrected chi connectivity index (χ1v) is 7.42. The van der Waals surface area contributed by atoms with E-state index in [0.29, 0.717) is 6.42 Å². The second-order valence-electron chi connectivity index (χ2n) is 5.58. The molecular weight excluding hydrogens is 280 g/mol. The fraction of sp³-hybridized carbons (Fsp3) is 0.412. The molecule has 0 aromatic heterocycles. The van der Waals surface area contributed by atoms with Crippen LogP contribution in [0.15, 0.2) is 42.2 Å². The highest BCUT2D eigenvalue weighted by atomic mass is 16.5. The topological polar surface area (TPSA) is 81.4 Å². The Labute approximate surface area is 130 Å². The molecule has 2 rings (SSSR count). The van der Waals surface area contributed by atoms with E-state index in [1.54, 1.807) is 6.08 Å². The van der Waals surface area contributed by atoms with Crippen molar-refractivity contribution in [1.29, 1.82) is 0 Å². The van der Waals surface area contributed by atoms with Gasteiger partial charge in [-0.15, -0.1) is 0 Å². The van der Waals surface area contributed by atoms with Crippen LogP contribution in [0.25, 0.3) is 0 Å². The van der Waals surface area contributed by atoms with E-state index in [2.05, 4.69) is 5.32 Å². The molecule has 0 bridgehead atoms. The van der Waals surface area contributed by atoms with Gasteiger partial charge in [0, 0.05) is 13.0 Å². The van der Waals surface area contributed by atoms with Crippen LogP contribution in [0.5, 0.6) is 0 Å². The van der Waals surface area contributed by atoms with E-state index in [1.165, 1.54) is 7.05 Å². The van der Waals surface area contributed by atoms with E-state index in [0.717, 1.165) is 5.56 Å². The summed E-state index contributed by atoms with van der Waals surface area (Å²) in [6, 6.07) is 9.76. The van der Waals surface area contributed by atoms with Gasteiger partial charge in [0.15, 0.2) is 5.76 Å². The van der Waals surface area contributed by atoms with Crippen LogP contribution in [0.2, 0.25) is 0 Å². The highest BCUT2D eigenvalue weighted by molar-refractivity contribution is 5.95. The van der Waals surface area contributed by atoms with Crippen molar-refractivity contribution in [1.82, 2.24) is 5.32 Å². The highest BCUT2D eigenvalue weighted by Gasteiger charge is 2.51. The second kappa shape index (κ2) is 6.22. The zero-order chi connectivity index (χ0) is 16.3. The molecule has 1 aromatic carbocycles. The minimum Gasteiger partial charge on any atom is -0.483 e. The molecular formula is C17H22N2O3. The molecule has 22 heavy (non-hydrogen) atoms. The number of amides is 2. The number of nitrogens with two attached hydrogens (primary N) is 1. The Hall–Kier alpha value is -2.30. The molecule has 3 atom stereocenters. The van der Waals surface area contributed by atoms with E-state index < -0.39 is 17.4 Å². The van der Waals surface area contributed by atoms with Gasteiger partial charge < -0.3 is 15.8 Å². The summed E-state index contributed by atoms with van der Waals surface area (Å²) in [4.78, 5) is 24.0. The highest BCUT2D eigenvalue weighted by Crippen LogP contribution is 2.45. The smallest absolute Gasteiger partial charge is 0.285 e. The van der Waals surface area contributed by atoms with Gasteiger partial charge in [0.2, 0.25) is 5.91 Å². The SMILES string of the molecule is CCC1(C(N)=O)C=C(C(=O)NC)OC1C(C)c1ccccc1. The van der Waals surface area contributed by atoms with E-state index in [-0.39, 0.29) is 17.6 Å². The molecule has 0 spiro atoms. The molecule has 3 N–H and O–H groups in total. The third-order valence-electron chi connectivity index (χ3n) is 4.42. The number of ether oxygens (including phenoxy) is 1. The summed E-state index contributed by atoms with van der Waals surface area (Å²) in [6.07, 6.45) is 1.56. The van der Waals surface area contributed by atoms with Gasteiger partial charge in [-0.3, -0.25) is 9.59 Å². The Morgan fingerprint density at radius 2 is 2.00 bits per heavy atom. The van der Waals surface area contributed by atoms with Crippen molar-refractivity contribution in [2.45, 2.75) is 32.3 Å².